The third-order valence-corrected chi connectivity index (χ3v) is 13.3. The van der Waals surface area contributed by atoms with Crippen LogP contribution in [0.3, 0.4) is 0 Å². The third-order valence-electron chi connectivity index (χ3n) is 13.3. The van der Waals surface area contributed by atoms with Gasteiger partial charge < -0.3 is 24.4 Å². The van der Waals surface area contributed by atoms with Gasteiger partial charge in [-0.25, -0.2) is 4.79 Å². The minimum atomic E-state index is -1.96. The molecule has 15 atom stereocenters. The number of aliphatic hydroxyl groups is 2. The van der Waals surface area contributed by atoms with Crippen molar-refractivity contribution >= 4 is 29.5 Å². The van der Waals surface area contributed by atoms with Crippen LogP contribution in [0, 0.1) is 63.6 Å². The summed E-state index contributed by atoms with van der Waals surface area (Å²) in [6.45, 7) is 13.2. The highest BCUT2D eigenvalue weighted by Crippen LogP contribution is 2.76. The highest BCUT2D eigenvalue weighted by atomic mass is 16.6. The van der Waals surface area contributed by atoms with Gasteiger partial charge in [-0.1, -0.05) is 26.8 Å². The smallest absolute Gasteiger partial charge is 0.343 e. The number of ketones is 2. The molecule has 3 saturated carbocycles. The molecule has 6 unspecified atom stereocenters. The Bertz CT molecular complexity index is 1410. The molecule has 0 aromatic carbocycles. The fourth-order valence-corrected chi connectivity index (χ4v) is 11.4. The van der Waals surface area contributed by atoms with E-state index in [9.17, 15) is 34.2 Å². The average molecular weight is 613 g/mol. The van der Waals surface area contributed by atoms with E-state index in [4.69, 9.17) is 14.2 Å². The zero-order valence-corrected chi connectivity index (χ0v) is 26.7. The number of carbonyl (C=O) groups excluding carboxylic acids is 5. The quantitative estimate of drug-likeness (QED) is 0.276. The van der Waals surface area contributed by atoms with Crippen molar-refractivity contribution < 1.29 is 48.4 Å². The first kappa shape index (κ1) is 31.1. The van der Waals surface area contributed by atoms with E-state index < -0.39 is 93.6 Å². The van der Waals surface area contributed by atoms with E-state index in [-0.39, 0.29) is 29.8 Å². The first-order valence-corrected chi connectivity index (χ1v) is 15.8. The van der Waals surface area contributed by atoms with Gasteiger partial charge in [-0.2, -0.15) is 0 Å². The van der Waals surface area contributed by atoms with Crippen LogP contribution in [-0.4, -0.2) is 63.6 Å². The zero-order chi connectivity index (χ0) is 32.5. The predicted octanol–water partition coefficient (Wildman–Crippen LogP) is 2.93. The molecule has 10 nitrogen and oxygen atoms in total. The van der Waals surface area contributed by atoms with Gasteiger partial charge in [0, 0.05) is 36.5 Å². The highest BCUT2D eigenvalue weighted by Gasteiger charge is 2.80. The van der Waals surface area contributed by atoms with Crippen molar-refractivity contribution in [2.75, 3.05) is 0 Å². The first-order chi connectivity index (χ1) is 20.4. The van der Waals surface area contributed by atoms with Crippen LogP contribution in [0.5, 0.6) is 0 Å². The molecule has 1 heterocycles. The van der Waals surface area contributed by atoms with Crippen LogP contribution in [0.25, 0.3) is 0 Å². The van der Waals surface area contributed by atoms with E-state index in [1.54, 1.807) is 19.1 Å². The standard InChI is InChI=1S/C34H44O10/c1-14-12-22-33(7,34(8,41)30(40)44-22)27-23(15(2)35)26-24-19(13-21(43-17(4)37)32(26,6)25(14)27)31(5)18(28(38)29(24)39)10-9-11-20(31)42-16(3)36/h9,11-12,14,18-21,23-27,29,39,41H,10,13H2,1-8H3/t14-,18?,19?,20+,21+,23-,24?,25?,26?,27?,29-,31+,32-,33+,34-/m1/s1. The lowest BCUT2D eigenvalue weighted by molar-refractivity contribution is -0.223. The van der Waals surface area contributed by atoms with Crippen molar-refractivity contribution in [3.8, 4) is 0 Å². The van der Waals surface area contributed by atoms with Crippen LogP contribution in [0.4, 0.5) is 0 Å². The number of fused-ring (bicyclic) bond motifs is 9. The summed E-state index contributed by atoms with van der Waals surface area (Å²) in [6, 6.07) is 0. The summed E-state index contributed by atoms with van der Waals surface area (Å²) in [5, 5.41) is 23.7. The van der Waals surface area contributed by atoms with Gasteiger partial charge >= 0.3 is 17.9 Å². The lowest BCUT2D eigenvalue weighted by atomic mass is 9.42. The summed E-state index contributed by atoms with van der Waals surface area (Å²) >= 11 is 0. The fourth-order valence-electron chi connectivity index (χ4n) is 11.4. The predicted molar refractivity (Wildman–Crippen MR) is 154 cm³/mol. The van der Waals surface area contributed by atoms with Gasteiger partial charge in [0.2, 0.25) is 0 Å². The lowest BCUT2D eigenvalue weighted by Crippen LogP contribution is -2.68. The number of esters is 3. The van der Waals surface area contributed by atoms with Gasteiger partial charge in [0.25, 0.3) is 0 Å². The molecule has 0 bridgehead atoms. The summed E-state index contributed by atoms with van der Waals surface area (Å²) < 4.78 is 17.7. The number of aliphatic hydroxyl groups excluding tert-OH is 1. The van der Waals surface area contributed by atoms with E-state index in [0.29, 0.717) is 12.2 Å². The average Bonchev–Trinajstić information content (AvgIpc) is 3.30. The number of ether oxygens (including phenoxy) is 3. The Labute approximate surface area is 257 Å². The van der Waals surface area contributed by atoms with E-state index in [1.807, 2.05) is 26.8 Å². The molecule has 0 spiro atoms. The molecule has 10 heteroatoms. The maximum Gasteiger partial charge on any atom is 0.343 e. The number of hydrogen-bond acceptors (Lipinski definition) is 10. The maximum absolute atomic E-state index is 14.1. The topological polar surface area (TPSA) is 154 Å². The van der Waals surface area contributed by atoms with E-state index in [1.165, 1.54) is 27.7 Å². The van der Waals surface area contributed by atoms with Crippen LogP contribution >= 0.6 is 0 Å². The molecule has 4 fully saturated rings. The minimum Gasteiger partial charge on any atom is -0.462 e. The van der Waals surface area contributed by atoms with Gasteiger partial charge in [0.15, 0.2) is 11.4 Å². The van der Waals surface area contributed by atoms with Crippen LogP contribution < -0.4 is 0 Å². The van der Waals surface area contributed by atoms with Gasteiger partial charge in [-0.3, -0.25) is 19.2 Å². The van der Waals surface area contributed by atoms with Crippen molar-refractivity contribution in [1.82, 2.24) is 0 Å². The molecule has 1 aliphatic heterocycles. The summed E-state index contributed by atoms with van der Waals surface area (Å²) in [5.74, 6) is -6.67. The van der Waals surface area contributed by atoms with Crippen LogP contribution in [0.15, 0.2) is 24.0 Å². The van der Waals surface area contributed by atoms with E-state index in [2.05, 4.69) is 0 Å². The van der Waals surface area contributed by atoms with Crippen molar-refractivity contribution in [2.24, 2.45) is 63.6 Å². The minimum absolute atomic E-state index is 0.201. The second-order valence-corrected chi connectivity index (χ2v) is 15.1. The molecule has 240 valence electrons. The lowest BCUT2D eigenvalue weighted by Gasteiger charge is -2.63. The van der Waals surface area contributed by atoms with Crippen molar-refractivity contribution in [3.63, 3.8) is 0 Å². The molecule has 0 aromatic heterocycles. The fraction of sp³-hybridized carbons (Fsp3) is 0.735. The Morgan fingerprint density at radius 3 is 2.18 bits per heavy atom. The summed E-state index contributed by atoms with van der Waals surface area (Å²) in [7, 11) is 0. The number of hydrogen-bond donors (Lipinski definition) is 2. The number of carbonyl (C=O) groups is 5. The zero-order valence-electron chi connectivity index (χ0n) is 26.7. The monoisotopic (exact) mass is 612 g/mol. The first-order valence-electron chi connectivity index (χ1n) is 15.8. The Morgan fingerprint density at radius 1 is 0.955 bits per heavy atom. The van der Waals surface area contributed by atoms with Gasteiger partial charge in [0.1, 0.15) is 29.9 Å². The molecule has 6 aliphatic rings. The van der Waals surface area contributed by atoms with Crippen LogP contribution in [0.1, 0.15) is 68.2 Å². The van der Waals surface area contributed by atoms with E-state index in [0.717, 1.165) is 0 Å². The van der Waals surface area contributed by atoms with Crippen molar-refractivity contribution in [3.05, 3.63) is 24.0 Å². The second-order valence-electron chi connectivity index (χ2n) is 15.1. The molecule has 1 saturated heterocycles. The normalized spacial score (nSPS) is 52.0. The molecule has 0 aromatic rings. The van der Waals surface area contributed by atoms with Gasteiger partial charge in [-0.15, -0.1) is 0 Å². The molecule has 0 radical (unpaired) electrons. The number of rotatable bonds is 3. The SMILES string of the molecule is CC(=O)O[C@H]1C=CCC2C(=O)[C@H](O)C3C(C[C@H](OC(C)=O)[C@@]4(C)C3[C@@H](C(C)=O)C3C4[C@H](C)C=C4OC(=O)[C@@](C)(O)[C@@]43C)[C@]21C. The van der Waals surface area contributed by atoms with E-state index >= 15 is 0 Å². The second kappa shape index (κ2) is 9.58. The van der Waals surface area contributed by atoms with Crippen molar-refractivity contribution in [2.45, 2.75) is 92.1 Å². The highest BCUT2D eigenvalue weighted by molar-refractivity contribution is 5.89. The molecule has 2 N–H and O–H groups in total. The van der Waals surface area contributed by atoms with Gasteiger partial charge in [0.05, 0.1) is 5.41 Å². The summed E-state index contributed by atoms with van der Waals surface area (Å²) in [4.78, 5) is 66.3. The number of allylic oxidation sites excluding steroid dienone is 2. The van der Waals surface area contributed by atoms with Crippen LogP contribution in [-0.2, 0) is 38.2 Å². The Hall–Kier alpha value is -2.85. The maximum atomic E-state index is 14.1. The molecule has 0 amide bonds. The third kappa shape index (κ3) is 3.58. The summed E-state index contributed by atoms with van der Waals surface area (Å²) in [6.07, 6.45) is 3.17. The Kier molecular flexibility index (Phi) is 6.78. The Balaban J connectivity index is 1.61. The van der Waals surface area contributed by atoms with Crippen LogP contribution in [0.2, 0.25) is 0 Å². The van der Waals surface area contributed by atoms with Crippen molar-refractivity contribution in [1.29, 1.82) is 0 Å². The molecule has 5 aliphatic carbocycles. The molecular weight excluding hydrogens is 568 g/mol. The molecule has 44 heavy (non-hydrogen) atoms. The molecule has 6 rings (SSSR count). The number of Topliss-reactive ketones (excluding diaryl/α,β-unsaturated/α-hetero) is 2. The largest absolute Gasteiger partial charge is 0.462 e. The van der Waals surface area contributed by atoms with Gasteiger partial charge in [-0.05, 0) is 81.3 Å². The Morgan fingerprint density at radius 2 is 1.59 bits per heavy atom. The molecular formula is C34H44O10. The summed E-state index contributed by atoms with van der Waals surface area (Å²) in [5.41, 5.74) is -5.14.